The first kappa shape index (κ1) is 26.1. The van der Waals surface area contributed by atoms with Gasteiger partial charge in [-0.15, -0.1) is 0 Å². The molecule has 0 aromatic heterocycles. The molecular weight excluding hydrogens is 418 g/mol. The average molecular weight is 472 g/mol. The van der Waals surface area contributed by atoms with E-state index in [1.54, 1.807) is 0 Å². The lowest BCUT2D eigenvalue weighted by Gasteiger charge is -2.62. The Morgan fingerprint density at radius 2 is 1.76 bits per heavy atom. The Hall–Kier alpha value is -0.990. The van der Waals surface area contributed by atoms with E-state index in [9.17, 15) is 4.79 Å². The summed E-state index contributed by atoms with van der Waals surface area (Å²) in [6, 6.07) is 0. The van der Waals surface area contributed by atoms with E-state index in [1.807, 2.05) is 6.92 Å². The molecule has 4 fully saturated rings. The van der Waals surface area contributed by atoms with Gasteiger partial charge in [0.2, 0.25) is 5.91 Å². The minimum Gasteiger partial charge on any atom is -0.497 e. The molecule has 1 N–H and O–H groups in total. The minimum atomic E-state index is 0.139. The predicted octanol–water partition coefficient (Wildman–Crippen LogP) is 7.90. The number of nitrogens with one attached hydrogen (secondary N) is 1. The van der Waals surface area contributed by atoms with Crippen LogP contribution in [0, 0.1) is 46.3 Å². The second-order valence-corrected chi connectivity index (χ2v) is 13.0. The molecular formula is C31H53NO2. The molecule has 0 radical (unpaired) electrons. The normalized spacial score (nSPS) is 41.2. The monoisotopic (exact) mass is 471 g/mol. The highest BCUT2D eigenvalue weighted by atomic mass is 16.5. The summed E-state index contributed by atoms with van der Waals surface area (Å²) in [5.41, 5.74) is 1.18. The number of carbonyl (C=O) groups is 1. The molecule has 4 saturated carbocycles. The fourth-order valence-corrected chi connectivity index (χ4v) is 9.82. The van der Waals surface area contributed by atoms with Crippen LogP contribution in [-0.4, -0.2) is 19.1 Å². The van der Waals surface area contributed by atoms with Crippen LogP contribution in [0.5, 0.6) is 0 Å². The summed E-state index contributed by atoms with van der Waals surface area (Å²) < 4.78 is 5.32. The number of fused-ring (bicyclic) bond motifs is 5. The van der Waals surface area contributed by atoms with Gasteiger partial charge in [0.25, 0.3) is 0 Å². The Labute approximate surface area is 210 Å². The highest BCUT2D eigenvalue weighted by Crippen LogP contribution is 2.69. The summed E-state index contributed by atoms with van der Waals surface area (Å²) in [5, 5.41) is 2.95. The van der Waals surface area contributed by atoms with Crippen LogP contribution in [0.25, 0.3) is 0 Å². The molecule has 0 aromatic carbocycles. The lowest BCUT2D eigenvalue weighted by atomic mass is 9.42. The third-order valence-electron chi connectivity index (χ3n) is 11.5. The molecule has 0 aliphatic heterocycles. The number of ether oxygens (including phenoxy) is 1. The Morgan fingerprint density at radius 1 is 0.971 bits per heavy atom. The maximum atomic E-state index is 12.2. The van der Waals surface area contributed by atoms with Crippen molar-refractivity contribution in [2.45, 2.75) is 118 Å². The van der Waals surface area contributed by atoms with Crippen molar-refractivity contribution < 1.29 is 9.53 Å². The summed E-state index contributed by atoms with van der Waals surface area (Å²) >= 11 is 0. The van der Waals surface area contributed by atoms with Gasteiger partial charge in [0.05, 0.1) is 13.2 Å². The Kier molecular flexibility index (Phi) is 8.40. The van der Waals surface area contributed by atoms with Crippen molar-refractivity contribution in [3.05, 3.63) is 12.3 Å². The molecule has 3 heteroatoms. The van der Waals surface area contributed by atoms with E-state index in [0.717, 1.165) is 41.9 Å². The summed E-state index contributed by atoms with van der Waals surface area (Å²) in [6.07, 6.45) is 18.9. The lowest BCUT2D eigenvalue weighted by molar-refractivity contribution is -0.135. The average Bonchev–Trinajstić information content (AvgIpc) is 3.16. The molecule has 0 bridgehead atoms. The summed E-state index contributed by atoms with van der Waals surface area (Å²) in [7, 11) is 0. The fraction of sp³-hybridized carbons (Fsp3) is 0.903. The minimum absolute atomic E-state index is 0.139. The van der Waals surface area contributed by atoms with Crippen LogP contribution < -0.4 is 5.32 Å². The zero-order valence-corrected chi connectivity index (χ0v) is 22.8. The van der Waals surface area contributed by atoms with E-state index in [0.29, 0.717) is 36.2 Å². The van der Waals surface area contributed by atoms with Crippen molar-refractivity contribution in [2.75, 3.05) is 13.2 Å². The molecule has 194 valence electrons. The smallest absolute Gasteiger partial charge is 0.220 e. The van der Waals surface area contributed by atoms with Gasteiger partial charge in [-0.25, -0.2) is 0 Å². The van der Waals surface area contributed by atoms with Crippen molar-refractivity contribution in [1.82, 2.24) is 5.32 Å². The summed E-state index contributed by atoms with van der Waals surface area (Å²) in [4.78, 5) is 12.2. The van der Waals surface area contributed by atoms with Gasteiger partial charge in [-0.2, -0.15) is 0 Å². The molecule has 0 aromatic rings. The van der Waals surface area contributed by atoms with Gasteiger partial charge in [0.15, 0.2) is 0 Å². The van der Waals surface area contributed by atoms with Gasteiger partial charge in [-0.1, -0.05) is 53.0 Å². The molecule has 8 atom stereocenters. The summed E-state index contributed by atoms with van der Waals surface area (Å²) in [5.74, 6) is 6.58. The van der Waals surface area contributed by atoms with Crippen molar-refractivity contribution in [3.8, 4) is 0 Å². The van der Waals surface area contributed by atoms with E-state index >= 15 is 0 Å². The second-order valence-electron chi connectivity index (χ2n) is 13.0. The zero-order chi connectivity index (χ0) is 24.3. The largest absolute Gasteiger partial charge is 0.497 e. The first-order valence-electron chi connectivity index (χ1n) is 14.9. The number of hydrogen-bond donors (Lipinski definition) is 1. The van der Waals surface area contributed by atoms with Gasteiger partial charge in [0.1, 0.15) is 5.76 Å². The van der Waals surface area contributed by atoms with Crippen LogP contribution in [0.3, 0.4) is 0 Å². The molecule has 0 saturated heterocycles. The second kappa shape index (κ2) is 11.0. The molecule has 0 heterocycles. The fourth-order valence-electron chi connectivity index (χ4n) is 9.82. The molecule has 4 aliphatic carbocycles. The Morgan fingerprint density at radius 3 is 2.53 bits per heavy atom. The van der Waals surface area contributed by atoms with E-state index in [-0.39, 0.29) is 5.91 Å². The number of carbonyl (C=O) groups excluding carboxylic acids is 1. The lowest BCUT2D eigenvalue weighted by Crippen LogP contribution is -2.55. The zero-order valence-electron chi connectivity index (χ0n) is 22.8. The van der Waals surface area contributed by atoms with Crippen LogP contribution in [0.4, 0.5) is 0 Å². The number of amides is 1. The van der Waals surface area contributed by atoms with Crippen molar-refractivity contribution in [3.63, 3.8) is 0 Å². The van der Waals surface area contributed by atoms with Crippen molar-refractivity contribution in [2.24, 2.45) is 46.3 Å². The number of rotatable bonds is 10. The highest BCUT2D eigenvalue weighted by Gasteiger charge is 2.60. The Balaban J connectivity index is 1.30. The van der Waals surface area contributed by atoms with Crippen LogP contribution in [0.1, 0.15) is 118 Å². The van der Waals surface area contributed by atoms with E-state index in [2.05, 4.69) is 32.7 Å². The van der Waals surface area contributed by atoms with Crippen molar-refractivity contribution in [1.29, 1.82) is 0 Å². The molecule has 34 heavy (non-hydrogen) atoms. The summed E-state index contributed by atoms with van der Waals surface area (Å²) in [6.45, 7) is 14.7. The molecule has 4 rings (SSSR count). The van der Waals surface area contributed by atoms with Gasteiger partial charge in [0, 0.05) is 6.42 Å². The third kappa shape index (κ3) is 4.96. The molecule has 1 amide bonds. The number of hydrogen-bond acceptors (Lipinski definition) is 2. The SMILES string of the molecule is C=C(CNC(=O)CCCCC1CCC2C3C[C@H](CC)C4CCCCC4(C)[C@H]3CCC12C)OCC. The maximum Gasteiger partial charge on any atom is 0.220 e. The van der Waals surface area contributed by atoms with E-state index < -0.39 is 0 Å². The predicted molar refractivity (Wildman–Crippen MR) is 141 cm³/mol. The van der Waals surface area contributed by atoms with E-state index in [4.69, 9.17) is 4.74 Å². The topological polar surface area (TPSA) is 38.3 Å². The molecule has 0 spiro atoms. The standard InChI is InChI=1S/C31H53NO2/c1-6-23-20-25-27-16-15-24(12-8-9-14-29(33)32-21-22(3)34-7-2)30(27,4)19-17-28(25)31(5)18-11-10-13-26(23)31/h23-28H,3,6-21H2,1-2,4-5H3,(H,32,33)/t23-,24?,25?,26?,27?,28-,30?,31?/m0/s1. The van der Waals surface area contributed by atoms with E-state index in [1.165, 1.54) is 77.0 Å². The first-order chi connectivity index (χ1) is 16.3. The molecule has 4 aliphatic rings. The van der Waals surface area contributed by atoms with Crippen LogP contribution in [0.2, 0.25) is 0 Å². The quantitative estimate of drug-likeness (QED) is 0.260. The van der Waals surface area contributed by atoms with Gasteiger partial charge in [-0.05, 0) is 111 Å². The van der Waals surface area contributed by atoms with Gasteiger partial charge in [-0.3, -0.25) is 4.79 Å². The van der Waals surface area contributed by atoms with Crippen LogP contribution in [-0.2, 0) is 9.53 Å². The maximum absolute atomic E-state index is 12.2. The van der Waals surface area contributed by atoms with Crippen LogP contribution in [0.15, 0.2) is 12.3 Å². The molecule has 6 unspecified atom stereocenters. The van der Waals surface area contributed by atoms with Gasteiger partial charge >= 0.3 is 0 Å². The van der Waals surface area contributed by atoms with Crippen molar-refractivity contribution >= 4 is 5.91 Å². The van der Waals surface area contributed by atoms with Gasteiger partial charge < -0.3 is 10.1 Å². The third-order valence-corrected chi connectivity index (χ3v) is 11.5. The number of unbranched alkanes of at least 4 members (excludes halogenated alkanes) is 1. The van der Waals surface area contributed by atoms with Crippen LogP contribution >= 0.6 is 0 Å². The molecule has 3 nitrogen and oxygen atoms in total. The Bertz CT molecular complexity index is 718. The first-order valence-corrected chi connectivity index (χ1v) is 14.9. The highest BCUT2D eigenvalue weighted by molar-refractivity contribution is 5.76.